The van der Waals surface area contributed by atoms with E-state index in [1.165, 1.54) is 11.3 Å². The molecule has 0 aliphatic carbocycles. The number of aryl methyl sites for hydroxylation is 2. The number of hydrogen-bond donors (Lipinski definition) is 0. The molecule has 1 atom stereocenters. The minimum Gasteiger partial charge on any atom is -0.333 e. The van der Waals surface area contributed by atoms with Crippen LogP contribution in [0.3, 0.4) is 0 Å². The van der Waals surface area contributed by atoms with Crippen molar-refractivity contribution < 1.29 is 4.79 Å². The number of fused-ring (bicyclic) bond motifs is 1. The Hall–Kier alpha value is -3.22. The van der Waals surface area contributed by atoms with Crippen LogP contribution in [0.4, 0.5) is 0 Å². The van der Waals surface area contributed by atoms with Crippen LogP contribution < -0.4 is 5.56 Å². The molecular formula is C30H30ClN3O2S. The van der Waals surface area contributed by atoms with Gasteiger partial charge >= 0.3 is 0 Å². The molecule has 37 heavy (non-hydrogen) atoms. The van der Waals surface area contributed by atoms with E-state index in [0.29, 0.717) is 21.2 Å². The fraction of sp³-hybridized carbons (Fsp3) is 0.300. The number of thiazole rings is 1. The van der Waals surface area contributed by atoms with Crippen LogP contribution in [0, 0.1) is 5.92 Å². The third-order valence-electron chi connectivity index (χ3n) is 7.18. The molecule has 0 bridgehead atoms. The predicted molar refractivity (Wildman–Crippen MR) is 152 cm³/mol. The lowest BCUT2D eigenvalue weighted by Crippen LogP contribution is -2.30. The van der Waals surface area contributed by atoms with Gasteiger partial charge in [0.2, 0.25) is 0 Å². The lowest BCUT2D eigenvalue weighted by molar-refractivity contribution is 0.0738. The normalized spacial score (nSPS) is 15.1. The number of aromatic nitrogens is 2. The zero-order valence-electron chi connectivity index (χ0n) is 21.7. The van der Waals surface area contributed by atoms with Crippen molar-refractivity contribution in [2.45, 2.75) is 46.6 Å². The Bertz CT molecular complexity index is 1530. The van der Waals surface area contributed by atoms with Gasteiger partial charge in [-0.3, -0.25) is 14.2 Å². The Morgan fingerprint density at radius 3 is 2.24 bits per heavy atom. The third kappa shape index (κ3) is 4.22. The van der Waals surface area contributed by atoms with E-state index in [0.717, 1.165) is 46.6 Å². The molecular weight excluding hydrogens is 502 g/mol. The van der Waals surface area contributed by atoms with Gasteiger partial charge in [-0.1, -0.05) is 69.6 Å². The van der Waals surface area contributed by atoms with Crippen molar-refractivity contribution in [3.8, 4) is 27.5 Å². The van der Waals surface area contributed by atoms with Crippen LogP contribution in [-0.4, -0.2) is 27.4 Å². The number of amides is 1. The average Bonchev–Trinajstić information content (AvgIpc) is 3.47. The summed E-state index contributed by atoms with van der Waals surface area (Å²) in [6.07, 6.45) is 1.56. The van der Waals surface area contributed by atoms with Gasteiger partial charge in [-0.05, 0) is 48.1 Å². The quantitative estimate of drug-likeness (QED) is 0.264. The van der Waals surface area contributed by atoms with Gasteiger partial charge in [0, 0.05) is 23.0 Å². The number of rotatable bonds is 6. The molecule has 1 amide bonds. The van der Waals surface area contributed by atoms with Crippen molar-refractivity contribution >= 4 is 28.8 Å². The van der Waals surface area contributed by atoms with Crippen molar-refractivity contribution in [1.82, 2.24) is 14.5 Å². The van der Waals surface area contributed by atoms with E-state index < -0.39 is 0 Å². The van der Waals surface area contributed by atoms with Gasteiger partial charge in [-0.2, -0.15) is 0 Å². The van der Waals surface area contributed by atoms with Crippen LogP contribution in [0.2, 0.25) is 5.02 Å². The second-order valence-corrected chi connectivity index (χ2v) is 11.1. The molecule has 1 aliphatic rings. The summed E-state index contributed by atoms with van der Waals surface area (Å²) in [5.41, 5.74) is 6.44. The number of carbonyl (C=O) groups excluding carboxylic acids is 1. The van der Waals surface area contributed by atoms with Crippen molar-refractivity contribution in [2.24, 2.45) is 5.92 Å². The van der Waals surface area contributed by atoms with Gasteiger partial charge in [0.1, 0.15) is 5.01 Å². The molecule has 5 rings (SSSR count). The standard InChI is InChI=1S/C30H30ClN3O2S/c1-6-18-9-8-10-19(7-2)26(18)34-27-22(29(35)33(5)25(27)17(3)4)15-23(30(34)36)28-32-24(16-37-28)20-11-13-21(31)14-12-20/h8-17,25H,6-7H2,1-5H3. The summed E-state index contributed by atoms with van der Waals surface area (Å²) in [6, 6.07) is 15.3. The SMILES string of the molecule is CCc1cccc(CC)c1-n1c2c(cc(-c3nc(-c4ccc(Cl)cc4)cs3)c1=O)C(=O)N(C)C2C(C)C. The lowest BCUT2D eigenvalue weighted by atomic mass is 9.96. The molecule has 0 saturated heterocycles. The summed E-state index contributed by atoms with van der Waals surface area (Å²) in [7, 11) is 1.83. The smallest absolute Gasteiger partial charge is 0.265 e. The third-order valence-corrected chi connectivity index (χ3v) is 8.31. The zero-order chi connectivity index (χ0) is 26.4. The fourth-order valence-electron chi connectivity index (χ4n) is 5.38. The number of hydrogen-bond acceptors (Lipinski definition) is 4. The Morgan fingerprint density at radius 2 is 1.65 bits per heavy atom. The molecule has 5 nitrogen and oxygen atoms in total. The van der Waals surface area contributed by atoms with Crippen molar-refractivity contribution in [2.75, 3.05) is 7.05 Å². The topological polar surface area (TPSA) is 55.2 Å². The number of pyridine rings is 1. The molecule has 1 aliphatic heterocycles. The van der Waals surface area contributed by atoms with E-state index in [-0.39, 0.29) is 23.4 Å². The van der Waals surface area contributed by atoms with Crippen LogP contribution in [0.1, 0.15) is 60.9 Å². The van der Waals surface area contributed by atoms with Gasteiger partial charge in [0.05, 0.1) is 34.2 Å². The van der Waals surface area contributed by atoms with E-state index in [2.05, 4.69) is 39.8 Å². The maximum atomic E-state index is 14.4. The number of benzene rings is 2. The number of carbonyl (C=O) groups is 1. The largest absolute Gasteiger partial charge is 0.333 e. The van der Waals surface area contributed by atoms with Gasteiger partial charge < -0.3 is 4.90 Å². The van der Waals surface area contributed by atoms with Crippen LogP contribution in [0.25, 0.3) is 27.5 Å². The summed E-state index contributed by atoms with van der Waals surface area (Å²) < 4.78 is 1.83. The van der Waals surface area contributed by atoms with Gasteiger partial charge in [0.15, 0.2) is 0 Å². The number of para-hydroxylation sites is 1. The molecule has 7 heteroatoms. The van der Waals surface area contributed by atoms with Crippen LogP contribution in [0.15, 0.2) is 58.7 Å². The predicted octanol–water partition coefficient (Wildman–Crippen LogP) is 7.19. The van der Waals surface area contributed by atoms with Gasteiger partial charge in [-0.15, -0.1) is 11.3 Å². The number of nitrogens with zero attached hydrogens (tertiary/aromatic N) is 3. The first kappa shape index (κ1) is 25.4. The summed E-state index contributed by atoms with van der Waals surface area (Å²) in [6.45, 7) is 8.39. The highest BCUT2D eigenvalue weighted by molar-refractivity contribution is 7.13. The Balaban J connectivity index is 1.82. The molecule has 0 saturated carbocycles. The first-order chi connectivity index (χ1) is 17.8. The highest BCUT2D eigenvalue weighted by Crippen LogP contribution is 2.40. The summed E-state index contributed by atoms with van der Waals surface area (Å²) in [5.74, 6) is 0.0761. The molecule has 0 N–H and O–H groups in total. The second-order valence-electron chi connectivity index (χ2n) is 9.78. The summed E-state index contributed by atoms with van der Waals surface area (Å²) in [5, 5.41) is 3.20. The Kier molecular flexibility index (Phi) is 6.82. The molecule has 0 spiro atoms. The van der Waals surface area contributed by atoms with Crippen molar-refractivity contribution in [3.63, 3.8) is 0 Å². The highest BCUT2D eigenvalue weighted by Gasteiger charge is 2.40. The second kappa shape index (κ2) is 9.92. The average molecular weight is 532 g/mol. The molecule has 3 heterocycles. The van der Waals surface area contributed by atoms with Gasteiger partial charge in [0.25, 0.3) is 11.5 Å². The van der Waals surface area contributed by atoms with Crippen molar-refractivity contribution in [3.05, 3.63) is 91.7 Å². The maximum Gasteiger partial charge on any atom is 0.265 e. The minimum atomic E-state index is -0.195. The molecule has 2 aromatic carbocycles. The van der Waals surface area contributed by atoms with E-state index in [1.54, 1.807) is 11.0 Å². The molecule has 0 fully saturated rings. The monoisotopic (exact) mass is 531 g/mol. The van der Waals surface area contributed by atoms with Crippen LogP contribution in [-0.2, 0) is 12.8 Å². The maximum absolute atomic E-state index is 14.4. The molecule has 1 unspecified atom stereocenters. The zero-order valence-corrected chi connectivity index (χ0v) is 23.3. The van der Waals surface area contributed by atoms with Crippen molar-refractivity contribution in [1.29, 1.82) is 0 Å². The molecule has 0 radical (unpaired) electrons. The van der Waals surface area contributed by atoms with E-state index >= 15 is 0 Å². The molecule has 2 aromatic heterocycles. The molecule has 4 aromatic rings. The lowest BCUT2D eigenvalue weighted by Gasteiger charge is -2.27. The van der Waals surface area contributed by atoms with Gasteiger partial charge in [-0.25, -0.2) is 4.98 Å². The summed E-state index contributed by atoms with van der Waals surface area (Å²) in [4.78, 5) is 34.6. The Morgan fingerprint density at radius 1 is 1.00 bits per heavy atom. The van der Waals surface area contributed by atoms with E-state index in [1.807, 2.05) is 47.3 Å². The fourth-order valence-corrected chi connectivity index (χ4v) is 6.35. The summed E-state index contributed by atoms with van der Waals surface area (Å²) >= 11 is 7.47. The number of halogens is 1. The first-order valence-electron chi connectivity index (χ1n) is 12.7. The van der Waals surface area contributed by atoms with Crippen LogP contribution >= 0.6 is 22.9 Å². The van der Waals surface area contributed by atoms with E-state index in [9.17, 15) is 9.59 Å². The first-order valence-corrected chi connectivity index (χ1v) is 13.9. The molecule has 190 valence electrons. The van der Waals surface area contributed by atoms with Crippen LogP contribution in [0.5, 0.6) is 0 Å². The highest BCUT2D eigenvalue weighted by atomic mass is 35.5. The Labute approximate surface area is 226 Å². The minimum absolute atomic E-state index is 0.0646. The van der Waals surface area contributed by atoms with E-state index in [4.69, 9.17) is 16.6 Å².